The van der Waals surface area contributed by atoms with Gasteiger partial charge >= 0.3 is 12.1 Å². The fourth-order valence-corrected chi connectivity index (χ4v) is 2.58. The zero-order valence-corrected chi connectivity index (χ0v) is 13.5. The number of alkyl halides is 4. The standard InChI is InChI=1S/C8H8F3NO2S.C5H11Cl/c1-2-3-4-12-6(8(9,10)11)5(15-4)7(13)14;1-2-3-4-5-6/h2-3H2,1H3,(H,13,14);2-5H2,1H3. The van der Waals surface area contributed by atoms with E-state index in [2.05, 4.69) is 11.9 Å². The van der Waals surface area contributed by atoms with Crippen molar-refractivity contribution in [2.24, 2.45) is 0 Å². The van der Waals surface area contributed by atoms with Crippen LogP contribution in [0.4, 0.5) is 13.2 Å². The number of hydrogen-bond acceptors (Lipinski definition) is 3. The van der Waals surface area contributed by atoms with E-state index in [1.54, 1.807) is 6.92 Å². The molecule has 1 rings (SSSR count). The van der Waals surface area contributed by atoms with Crippen LogP contribution in [0.3, 0.4) is 0 Å². The average Bonchev–Trinajstić information content (AvgIpc) is 2.82. The van der Waals surface area contributed by atoms with Gasteiger partial charge in [0.2, 0.25) is 0 Å². The Morgan fingerprint density at radius 3 is 2.19 bits per heavy atom. The molecule has 3 nitrogen and oxygen atoms in total. The lowest BCUT2D eigenvalue weighted by atomic mass is 10.3. The van der Waals surface area contributed by atoms with Crippen molar-refractivity contribution in [2.45, 2.75) is 52.1 Å². The molecule has 0 bridgehead atoms. The van der Waals surface area contributed by atoms with Crippen molar-refractivity contribution in [2.75, 3.05) is 5.88 Å². The Morgan fingerprint density at radius 2 is 1.90 bits per heavy atom. The molecule has 0 fully saturated rings. The highest BCUT2D eigenvalue weighted by Gasteiger charge is 2.39. The number of unbranched alkanes of at least 4 members (excludes halogenated alkanes) is 2. The van der Waals surface area contributed by atoms with E-state index < -0.39 is 22.7 Å². The fourth-order valence-electron chi connectivity index (χ4n) is 1.37. The summed E-state index contributed by atoms with van der Waals surface area (Å²) in [6.07, 6.45) is 0.0232. The molecule has 1 aromatic heterocycles. The van der Waals surface area contributed by atoms with Crippen molar-refractivity contribution >= 4 is 28.9 Å². The molecule has 21 heavy (non-hydrogen) atoms. The van der Waals surface area contributed by atoms with Gasteiger partial charge in [-0.25, -0.2) is 9.78 Å². The van der Waals surface area contributed by atoms with E-state index >= 15 is 0 Å². The van der Waals surface area contributed by atoms with Crippen LogP contribution < -0.4 is 0 Å². The van der Waals surface area contributed by atoms with E-state index in [0.717, 1.165) is 5.88 Å². The Kier molecular flexibility index (Phi) is 9.61. The van der Waals surface area contributed by atoms with Gasteiger partial charge in [0, 0.05) is 5.88 Å². The topological polar surface area (TPSA) is 50.2 Å². The second-order valence-corrected chi connectivity index (χ2v) is 5.70. The molecule has 1 aromatic rings. The highest BCUT2D eigenvalue weighted by atomic mass is 35.5. The number of hydrogen-bond donors (Lipinski definition) is 1. The summed E-state index contributed by atoms with van der Waals surface area (Å²) in [6.45, 7) is 3.96. The van der Waals surface area contributed by atoms with Crippen LogP contribution in [0.1, 0.15) is 59.9 Å². The number of aromatic nitrogens is 1. The Balaban J connectivity index is 0.000000567. The first-order valence-electron chi connectivity index (χ1n) is 6.64. The zero-order valence-electron chi connectivity index (χ0n) is 12.0. The summed E-state index contributed by atoms with van der Waals surface area (Å²) < 4.78 is 37.0. The van der Waals surface area contributed by atoms with E-state index in [1.165, 1.54) is 19.3 Å². The molecule has 0 aliphatic rings. The summed E-state index contributed by atoms with van der Waals surface area (Å²) >= 11 is 5.97. The quantitative estimate of drug-likeness (QED) is 0.567. The number of carbonyl (C=O) groups is 1. The summed E-state index contributed by atoms with van der Waals surface area (Å²) in [7, 11) is 0. The smallest absolute Gasteiger partial charge is 0.435 e. The molecule has 0 aliphatic heterocycles. The predicted octanol–water partition coefficient (Wildman–Crippen LogP) is 5.23. The number of halogens is 4. The molecule has 1 N–H and O–H groups in total. The van der Waals surface area contributed by atoms with Gasteiger partial charge in [-0.15, -0.1) is 22.9 Å². The Labute approximate surface area is 131 Å². The maximum atomic E-state index is 12.3. The minimum Gasteiger partial charge on any atom is -0.477 e. The van der Waals surface area contributed by atoms with Crippen LogP contribution in [0.25, 0.3) is 0 Å². The second-order valence-electron chi connectivity index (χ2n) is 4.23. The first-order valence-corrected chi connectivity index (χ1v) is 7.99. The van der Waals surface area contributed by atoms with E-state index in [9.17, 15) is 18.0 Å². The molecule has 1 heterocycles. The van der Waals surface area contributed by atoms with Gasteiger partial charge < -0.3 is 5.11 Å². The Morgan fingerprint density at radius 1 is 1.29 bits per heavy atom. The zero-order chi connectivity index (χ0) is 16.5. The molecule has 0 radical (unpaired) electrons. The SMILES string of the molecule is CCCCCCl.CCCc1nc(C(F)(F)F)c(C(=O)O)s1. The van der Waals surface area contributed by atoms with E-state index in [0.29, 0.717) is 24.2 Å². The third-order valence-corrected chi connectivity index (χ3v) is 3.71. The van der Waals surface area contributed by atoms with Crippen LogP contribution in [0, 0.1) is 0 Å². The van der Waals surface area contributed by atoms with Crippen molar-refractivity contribution in [1.82, 2.24) is 4.98 Å². The molecule has 0 aliphatic carbocycles. The van der Waals surface area contributed by atoms with Crippen LogP contribution in [0.15, 0.2) is 0 Å². The molecule has 0 aromatic carbocycles. The maximum absolute atomic E-state index is 12.3. The van der Waals surface area contributed by atoms with E-state index in [4.69, 9.17) is 16.7 Å². The van der Waals surface area contributed by atoms with E-state index in [-0.39, 0.29) is 5.01 Å². The van der Waals surface area contributed by atoms with Crippen molar-refractivity contribution in [3.05, 3.63) is 15.6 Å². The van der Waals surface area contributed by atoms with Gasteiger partial charge in [0.05, 0.1) is 5.01 Å². The minimum absolute atomic E-state index is 0.210. The monoisotopic (exact) mass is 345 g/mol. The van der Waals surface area contributed by atoms with Crippen molar-refractivity contribution in [3.63, 3.8) is 0 Å². The van der Waals surface area contributed by atoms with Crippen molar-refractivity contribution in [3.8, 4) is 0 Å². The number of thiazole rings is 1. The highest BCUT2D eigenvalue weighted by molar-refractivity contribution is 7.13. The predicted molar refractivity (Wildman–Crippen MR) is 78.3 cm³/mol. The minimum atomic E-state index is -4.70. The number of aromatic carboxylic acids is 1. The van der Waals surface area contributed by atoms with Crippen LogP contribution in [0.2, 0.25) is 0 Å². The Bertz CT molecular complexity index is 432. The van der Waals surface area contributed by atoms with Gasteiger partial charge in [-0.1, -0.05) is 26.7 Å². The van der Waals surface area contributed by atoms with Crippen molar-refractivity contribution in [1.29, 1.82) is 0 Å². The lowest BCUT2D eigenvalue weighted by Gasteiger charge is -2.02. The van der Waals surface area contributed by atoms with Gasteiger partial charge in [-0.2, -0.15) is 13.2 Å². The molecule has 0 spiro atoms. The van der Waals surface area contributed by atoms with Crippen LogP contribution in [-0.4, -0.2) is 21.9 Å². The largest absolute Gasteiger partial charge is 0.477 e. The summed E-state index contributed by atoms with van der Waals surface area (Å²) in [5.41, 5.74) is -1.29. The lowest BCUT2D eigenvalue weighted by molar-refractivity contribution is -0.141. The van der Waals surface area contributed by atoms with Gasteiger partial charge in [-0.05, 0) is 19.3 Å². The number of carboxylic acid groups (broad SMARTS) is 1. The normalized spacial score (nSPS) is 11.0. The summed E-state index contributed by atoms with van der Waals surface area (Å²) in [4.78, 5) is 13.1. The first kappa shape index (κ1) is 20.2. The highest BCUT2D eigenvalue weighted by Crippen LogP contribution is 2.34. The molecule has 8 heteroatoms. The van der Waals surface area contributed by atoms with Gasteiger partial charge in [0.1, 0.15) is 4.88 Å². The molecule has 122 valence electrons. The number of rotatable bonds is 6. The average molecular weight is 346 g/mol. The molecule has 0 amide bonds. The third-order valence-electron chi connectivity index (χ3n) is 2.34. The van der Waals surface area contributed by atoms with Gasteiger partial charge in [0.15, 0.2) is 5.69 Å². The molecular formula is C13H19ClF3NO2S. The van der Waals surface area contributed by atoms with E-state index in [1.807, 2.05) is 0 Å². The Hall–Kier alpha value is -0.820. The summed E-state index contributed by atoms with van der Waals surface area (Å²) in [5, 5.41) is 8.79. The maximum Gasteiger partial charge on any atom is 0.435 e. The van der Waals surface area contributed by atoms with Gasteiger partial charge in [0.25, 0.3) is 0 Å². The molecule has 0 atom stereocenters. The summed E-state index contributed by atoms with van der Waals surface area (Å²) in [5.74, 6) is -0.754. The third kappa shape index (κ3) is 7.66. The van der Waals surface area contributed by atoms with Crippen molar-refractivity contribution < 1.29 is 23.1 Å². The molecular weight excluding hydrogens is 327 g/mol. The second kappa shape index (κ2) is 10.00. The van der Waals surface area contributed by atoms with Crippen LogP contribution >= 0.6 is 22.9 Å². The molecule has 0 unspecified atom stereocenters. The van der Waals surface area contributed by atoms with Crippen LogP contribution in [-0.2, 0) is 12.6 Å². The first-order chi connectivity index (χ1) is 9.77. The van der Waals surface area contributed by atoms with Gasteiger partial charge in [-0.3, -0.25) is 0 Å². The summed E-state index contributed by atoms with van der Waals surface area (Å²) in [6, 6.07) is 0. The number of carboxylic acids is 1. The molecule has 0 saturated carbocycles. The lowest BCUT2D eigenvalue weighted by Crippen LogP contribution is -2.11. The fraction of sp³-hybridized carbons (Fsp3) is 0.692. The number of aryl methyl sites for hydroxylation is 1. The van der Waals surface area contributed by atoms with Crippen LogP contribution in [0.5, 0.6) is 0 Å². The molecule has 0 saturated heterocycles. The number of nitrogens with zero attached hydrogens (tertiary/aromatic N) is 1.